The number of fused-ring (bicyclic) bond motifs is 1. The second-order valence-electron chi connectivity index (χ2n) is 6.64. The van der Waals surface area contributed by atoms with Crippen LogP contribution < -0.4 is 0 Å². The van der Waals surface area contributed by atoms with E-state index in [-0.39, 0.29) is 5.41 Å². The van der Waals surface area contributed by atoms with Crippen LogP contribution in [0.4, 0.5) is 0 Å². The molecule has 0 bridgehead atoms. The van der Waals surface area contributed by atoms with Crippen LogP contribution in [0.25, 0.3) is 11.0 Å². The zero-order valence-electron chi connectivity index (χ0n) is 14.9. The van der Waals surface area contributed by atoms with Crippen molar-refractivity contribution in [3.63, 3.8) is 0 Å². The molecule has 0 aliphatic rings. The maximum Gasteiger partial charge on any atom is 0.217 e. The van der Waals surface area contributed by atoms with E-state index in [1.165, 1.54) is 0 Å². The monoisotopic (exact) mass is 316 g/mol. The molecule has 4 nitrogen and oxygen atoms in total. The number of allylic oxidation sites excluding steroid dienone is 1. The summed E-state index contributed by atoms with van der Waals surface area (Å²) in [6.45, 7) is 16.6. The third-order valence-electron chi connectivity index (χ3n) is 3.94. The third kappa shape index (κ3) is 4.01. The second kappa shape index (κ2) is 7.28. The molecule has 0 unspecified atom stereocenters. The average molecular weight is 316 g/mol. The predicted octanol–water partition coefficient (Wildman–Crippen LogP) is 4.71. The van der Waals surface area contributed by atoms with Gasteiger partial charge < -0.3 is 14.0 Å². The first kappa shape index (κ1) is 17.7. The molecule has 126 valence electrons. The molecule has 1 heterocycles. The first-order valence-corrected chi connectivity index (χ1v) is 8.25. The molecule has 0 fully saturated rings. The van der Waals surface area contributed by atoms with Crippen molar-refractivity contribution in [2.24, 2.45) is 5.41 Å². The van der Waals surface area contributed by atoms with Crippen molar-refractivity contribution in [2.45, 2.75) is 47.5 Å². The van der Waals surface area contributed by atoms with Crippen LogP contribution in [0, 0.1) is 5.41 Å². The van der Waals surface area contributed by atoms with Gasteiger partial charge in [-0.3, -0.25) is 0 Å². The van der Waals surface area contributed by atoms with Gasteiger partial charge >= 0.3 is 0 Å². The fraction of sp³-hybridized carbons (Fsp3) is 0.526. The van der Waals surface area contributed by atoms with Gasteiger partial charge in [0, 0.05) is 19.8 Å². The molecule has 0 N–H and O–H groups in total. The van der Waals surface area contributed by atoms with Crippen LogP contribution in [0.1, 0.15) is 46.7 Å². The smallest absolute Gasteiger partial charge is 0.217 e. The van der Waals surface area contributed by atoms with Crippen LogP contribution >= 0.6 is 0 Å². The molecular formula is C19H28N2O2. The molecule has 0 aliphatic carbocycles. The van der Waals surface area contributed by atoms with Gasteiger partial charge in [-0.1, -0.05) is 45.1 Å². The fourth-order valence-electron chi connectivity index (χ4n) is 2.37. The van der Waals surface area contributed by atoms with Crippen LogP contribution in [0.5, 0.6) is 0 Å². The molecule has 23 heavy (non-hydrogen) atoms. The Morgan fingerprint density at radius 2 is 1.78 bits per heavy atom. The summed E-state index contributed by atoms with van der Waals surface area (Å²) in [7, 11) is 0. The Balaban J connectivity index is 2.50. The van der Waals surface area contributed by atoms with E-state index in [4.69, 9.17) is 14.5 Å². The summed E-state index contributed by atoms with van der Waals surface area (Å²) in [5, 5.41) is 0. The molecule has 4 heteroatoms. The van der Waals surface area contributed by atoms with Crippen molar-refractivity contribution < 1.29 is 9.47 Å². The average Bonchev–Trinajstić information content (AvgIpc) is 2.85. The van der Waals surface area contributed by atoms with E-state index in [1.54, 1.807) is 0 Å². The standard InChI is InChI=1S/C19H28N2O2/c1-7-22-18(23-8-2)17-20-15-11-9-10-12-16(15)21(17)13-14(3)19(4,5)6/h9-12,18H,3,7-8,13H2,1-2,4-6H3. The van der Waals surface area contributed by atoms with Crippen molar-refractivity contribution in [3.8, 4) is 0 Å². The summed E-state index contributed by atoms with van der Waals surface area (Å²) in [4.78, 5) is 4.76. The highest BCUT2D eigenvalue weighted by Crippen LogP contribution is 2.30. The van der Waals surface area contributed by atoms with E-state index in [0.29, 0.717) is 19.8 Å². The van der Waals surface area contributed by atoms with Crippen molar-refractivity contribution in [1.29, 1.82) is 0 Å². The minimum Gasteiger partial charge on any atom is -0.346 e. The quantitative estimate of drug-likeness (QED) is 0.548. The van der Waals surface area contributed by atoms with Crippen LogP contribution in [-0.4, -0.2) is 22.8 Å². The first-order valence-electron chi connectivity index (χ1n) is 8.25. The molecule has 0 radical (unpaired) electrons. The number of ether oxygens (including phenoxy) is 2. The van der Waals surface area contributed by atoms with Gasteiger partial charge in [0.2, 0.25) is 6.29 Å². The summed E-state index contributed by atoms with van der Waals surface area (Å²) < 4.78 is 13.7. The largest absolute Gasteiger partial charge is 0.346 e. The predicted molar refractivity (Wildman–Crippen MR) is 94.3 cm³/mol. The van der Waals surface area contributed by atoms with E-state index >= 15 is 0 Å². The summed E-state index contributed by atoms with van der Waals surface area (Å²) in [5.74, 6) is 0.806. The van der Waals surface area contributed by atoms with E-state index in [9.17, 15) is 0 Å². The number of hydrogen-bond acceptors (Lipinski definition) is 3. The highest BCUT2D eigenvalue weighted by molar-refractivity contribution is 5.76. The van der Waals surface area contributed by atoms with Gasteiger partial charge in [0.05, 0.1) is 11.0 Å². The van der Waals surface area contributed by atoms with Gasteiger partial charge in [0.1, 0.15) is 0 Å². The van der Waals surface area contributed by atoms with E-state index < -0.39 is 6.29 Å². The zero-order chi connectivity index (χ0) is 17.0. The Labute approximate surface area is 139 Å². The van der Waals surface area contributed by atoms with Crippen LogP contribution in [0.3, 0.4) is 0 Å². The lowest BCUT2D eigenvalue weighted by Gasteiger charge is -2.25. The Kier molecular flexibility index (Phi) is 5.60. The second-order valence-corrected chi connectivity index (χ2v) is 6.64. The van der Waals surface area contributed by atoms with E-state index in [1.807, 2.05) is 32.0 Å². The van der Waals surface area contributed by atoms with Gasteiger partial charge in [0.15, 0.2) is 5.82 Å². The normalized spacial score (nSPS) is 12.3. The van der Waals surface area contributed by atoms with E-state index in [0.717, 1.165) is 22.4 Å². The van der Waals surface area contributed by atoms with Gasteiger partial charge in [-0.15, -0.1) is 0 Å². The minimum absolute atomic E-state index is 0.0371. The molecule has 1 aromatic carbocycles. The minimum atomic E-state index is -0.454. The first-order chi connectivity index (χ1) is 10.9. The number of hydrogen-bond donors (Lipinski definition) is 0. The summed E-state index contributed by atoms with van der Waals surface area (Å²) in [5.41, 5.74) is 3.22. The number of para-hydroxylation sites is 2. The maximum absolute atomic E-state index is 5.77. The maximum atomic E-state index is 5.77. The van der Waals surface area contributed by atoms with Crippen LogP contribution in [0.15, 0.2) is 36.4 Å². The Bertz CT molecular complexity index is 662. The lowest BCUT2D eigenvalue weighted by atomic mass is 9.87. The van der Waals surface area contributed by atoms with Gasteiger partial charge in [-0.2, -0.15) is 0 Å². The van der Waals surface area contributed by atoms with Crippen molar-refractivity contribution in [2.75, 3.05) is 13.2 Å². The zero-order valence-corrected chi connectivity index (χ0v) is 14.9. The van der Waals surface area contributed by atoms with Gasteiger partial charge in [-0.25, -0.2) is 4.98 Å². The highest BCUT2D eigenvalue weighted by atomic mass is 16.7. The van der Waals surface area contributed by atoms with Gasteiger partial charge in [-0.05, 0) is 31.4 Å². The Morgan fingerprint density at radius 1 is 1.17 bits per heavy atom. The number of imidazole rings is 1. The molecule has 0 atom stereocenters. The molecule has 0 spiro atoms. The lowest BCUT2D eigenvalue weighted by molar-refractivity contribution is -0.146. The van der Waals surface area contributed by atoms with E-state index in [2.05, 4.69) is 38.0 Å². The van der Waals surface area contributed by atoms with Crippen LogP contribution in [0.2, 0.25) is 0 Å². The van der Waals surface area contributed by atoms with Crippen molar-refractivity contribution in [1.82, 2.24) is 9.55 Å². The highest BCUT2D eigenvalue weighted by Gasteiger charge is 2.23. The summed E-state index contributed by atoms with van der Waals surface area (Å²) >= 11 is 0. The topological polar surface area (TPSA) is 36.3 Å². The third-order valence-corrected chi connectivity index (χ3v) is 3.94. The molecule has 0 saturated heterocycles. The SMILES string of the molecule is C=C(Cn1c(C(OCC)OCC)nc2ccccc21)C(C)(C)C. The Hall–Kier alpha value is -1.65. The number of benzene rings is 1. The molecule has 2 rings (SSSR count). The molecule has 2 aromatic rings. The van der Waals surface area contributed by atoms with Crippen LogP contribution in [-0.2, 0) is 16.0 Å². The Morgan fingerprint density at radius 3 is 2.35 bits per heavy atom. The number of nitrogens with zero attached hydrogens (tertiary/aromatic N) is 2. The summed E-state index contributed by atoms with van der Waals surface area (Å²) in [6.07, 6.45) is -0.454. The number of aromatic nitrogens is 2. The van der Waals surface area contributed by atoms with Gasteiger partial charge in [0.25, 0.3) is 0 Å². The summed E-state index contributed by atoms with van der Waals surface area (Å²) in [6, 6.07) is 8.12. The lowest BCUT2D eigenvalue weighted by Crippen LogP contribution is -2.19. The molecule has 0 saturated carbocycles. The van der Waals surface area contributed by atoms with Crippen molar-refractivity contribution in [3.05, 3.63) is 42.2 Å². The van der Waals surface area contributed by atoms with Crippen molar-refractivity contribution >= 4 is 11.0 Å². The molecule has 0 amide bonds. The molecular weight excluding hydrogens is 288 g/mol. The molecule has 1 aromatic heterocycles. The fourth-order valence-corrected chi connectivity index (χ4v) is 2.37. The molecule has 0 aliphatic heterocycles. The number of rotatable bonds is 7.